The molecule has 1 fully saturated rings. The smallest absolute Gasteiger partial charge is 0.416 e. The van der Waals surface area contributed by atoms with Crippen LogP contribution in [0.25, 0.3) is 0 Å². The second-order valence-corrected chi connectivity index (χ2v) is 8.40. The Hall–Kier alpha value is -4.12. The Labute approximate surface area is 211 Å². The minimum absolute atomic E-state index is 0.0717. The third-order valence-electron chi connectivity index (χ3n) is 5.60. The lowest BCUT2D eigenvalue weighted by molar-refractivity contribution is -0.137. The van der Waals surface area contributed by atoms with Crippen LogP contribution in [0, 0.1) is 11.3 Å². The SMILES string of the molecule is CCOc1nc(N)nc(N[C@@H](C)C(=O)Nc2cc(C(=O)N3CCN(C)CC3)cc(C(F)(F)F)c2)c1C#N. The van der Waals surface area contributed by atoms with Gasteiger partial charge in [-0.3, -0.25) is 9.59 Å². The molecule has 2 amide bonds. The summed E-state index contributed by atoms with van der Waals surface area (Å²) in [6, 6.07) is 3.54. The molecule has 0 spiro atoms. The molecule has 0 radical (unpaired) electrons. The number of nitrogens with two attached hydrogens (primary N) is 1. The average Bonchev–Trinajstić information content (AvgIpc) is 2.83. The van der Waals surface area contributed by atoms with Crippen LogP contribution < -0.4 is 21.1 Å². The molecule has 1 aliphatic heterocycles. The minimum atomic E-state index is -4.74. The van der Waals surface area contributed by atoms with E-state index in [1.54, 1.807) is 6.92 Å². The fraction of sp³-hybridized carbons (Fsp3) is 0.435. The number of hydrogen-bond acceptors (Lipinski definition) is 9. The van der Waals surface area contributed by atoms with Crippen LogP contribution in [0.2, 0.25) is 0 Å². The number of carbonyl (C=O) groups excluding carboxylic acids is 2. The molecular weight excluding hydrogens is 493 g/mol. The molecule has 198 valence electrons. The zero-order valence-corrected chi connectivity index (χ0v) is 20.5. The molecule has 4 N–H and O–H groups in total. The Morgan fingerprint density at radius 1 is 1.22 bits per heavy atom. The minimum Gasteiger partial charge on any atom is -0.477 e. The van der Waals surface area contributed by atoms with E-state index in [9.17, 15) is 28.0 Å². The zero-order chi connectivity index (χ0) is 27.3. The van der Waals surface area contributed by atoms with Crippen molar-refractivity contribution in [2.45, 2.75) is 26.1 Å². The summed E-state index contributed by atoms with van der Waals surface area (Å²) < 4.78 is 46.0. The van der Waals surface area contributed by atoms with Gasteiger partial charge in [0.05, 0.1) is 12.2 Å². The van der Waals surface area contributed by atoms with Crippen molar-refractivity contribution in [1.29, 1.82) is 5.26 Å². The molecule has 11 nitrogen and oxygen atoms in total. The molecule has 0 saturated carbocycles. The summed E-state index contributed by atoms with van der Waals surface area (Å²) in [5, 5.41) is 14.6. The Morgan fingerprint density at radius 2 is 1.89 bits per heavy atom. The van der Waals surface area contributed by atoms with E-state index in [1.807, 2.05) is 18.0 Å². The molecule has 1 saturated heterocycles. The number of alkyl halides is 3. The van der Waals surface area contributed by atoms with Gasteiger partial charge in [-0.2, -0.15) is 28.4 Å². The number of nitriles is 1. The highest BCUT2D eigenvalue weighted by Gasteiger charge is 2.33. The van der Waals surface area contributed by atoms with Gasteiger partial charge in [0.25, 0.3) is 5.91 Å². The first-order valence-electron chi connectivity index (χ1n) is 11.4. The summed E-state index contributed by atoms with van der Waals surface area (Å²) >= 11 is 0. The van der Waals surface area contributed by atoms with Crippen molar-refractivity contribution < 1.29 is 27.5 Å². The van der Waals surface area contributed by atoms with Crippen LogP contribution >= 0.6 is 0 Å². The normalized spacial score (nSPS) is 15.0. The number of anilines is 3. The van der Waals surface area contributed by atoms with Gasteiger partial charge < -0.3 is 30.9 Å². The van der Waals surface area contributed by atoms with Crippen molar-refractivity contribution in [3.63, 3.8) is 0 Å². The van der Waals surface area contributed by atoms with E-state index < -0.39 is 29.6 Å². The van der Waals surface area contributed by atoms with Crippen LogP contribution in [-0.4, -0.2) is 77.5 Å². The number of aromatic nitrogens is 2. The van der Waals surface area contributed by atoms with Gasteiger partial charge in [0.2, 0.25) is 17.7 Å². The summed E-state index contributed by atoms with van der Waals surface area (Å²) in [6.07, 6.45) is -4.74. The van der Waals surface area contributed by atoms with E-state index in [4.69, 9.17) is 10.5 Å². The molecule has 1 aromatic heterocycles. The lowest BCUT2D eigenvalue weighted by Gasteiger charge is -2.32. The van der Waals surface area contributed by atoms with Gasteiger partial charge >= 0.3 is 6.18 Å². The van der Waals surface area contributed by atoms with Crippen LogP contribution in [0.1, 0.15) is 35.3 Å². The molecule has 2 aromatic rings. The third-order valence-corrected chi connectivity index (χ3v) is 5.60. The number of nitrogen functional groups attached to an aromatic ring is 1. The number of rotatable bonds is 7. The first-order valence-corrected chi connectivity index (χ1v) is 11.4. The van der Waals surface area contributed by atoms with Crippen LogP contribution in [0.3, 0.4) is 0 Å². The maximum atomic E-state index is 13.6. The Kier molecular flexibility index (Phi) is 8.38. The Balaban J connectivity index is 1.84. The van der Waals surface area contributed by atoms with Crippen molar-refractivity contribution in [2.75, 3.05) is 56.2 Å². The monoisotopic (exact) mass is 520 g/mol. The molecule has 0 unspecified atom stereocenters. The predicted molar refractivity (Wildman–Crippen MR) is 129 cm³/mol. The molecule has 1 aromatic carbocycles. The lowest BCUT2D eigenvalue weighted by Crippen LogP contribution is -2.47. The number of nitrogens with one attached hydrogen (secondary N) is 2. The molecule has 0 aliphatic carbocycles. The van der Waals surface area contributed by atoms with E-state index in [0.29, 0.717) is 26.2 Å². The zero-order valence-electron chi connectivity index (χ0n) is 20.5. The number of piperazine rings is 1. The van der Waals surface area contributed by atoms with Crippen molar-refractivity contribution in [3.8, 4) is 11.9 Å². The second-order valence-electron chi connectivity index (χ2n) is 8.40. The van der Waals surface area contributed by atoms with E-state index in [0.717, 1.165) is 12.1 Å². The van der Waals surface area contributed by atoms with Crippen LogP contribution in [0.15, 0.2) is 18.2 Å². The summed E-state index contributed by atoms with van der Waals surface area (Å²) in [4.78, 5) is 37.0. The van der Waals surface area contributed by atoms with Gasteiger partial charge in [0.1, 0.15) is 12.1 Å². The van der Waals surface area contributed by atoms with Crippen LogP contribution in [0.5, 0.6) is 5.88 Å². The topological polar surface area (TPSA) is 149 Å². The van der Waals surface area contributed by atoms with Crippen molar-refractivity contribution in [2.24, 2.45) is 0 Å². The molecule has 1 aliphatic rings. The quantitative estimate of drug-likeness (QED) is 0.499. The number of likely N-dealkylation sites (N-methyl/N-ethyl adjacent to an activating group) is 1. The first kappa shape index (κ1) is 27.5. The van der Waals surface area contributed by atoms with Crippen molar-refractivity contribution >= 4 is 29.3 Å². The number of carbonyl (C=O) groups is 2. The largest absolute Gasteiger partial charge is 0.477 e. The number of halogens is 3. The van der Waals surface area contributed by atoms with Crippen LogP contribution in [0.4, 0.5) is 30.6 Å². The first-order chi connectivity index (χ1) is 17.4. The summed E-state index contributed by atoms with van der Waals surface area (Å²) in [7, 11) is 1.89. The molecule has 0 bridgehead atoms. The standard InChI is InChI=1S/C23H27F3N8O3/c1-4-37-20-17(12-27)18(31-22(28)32-20)29-13(2)19(35)30-16-10-14(9-15(11-16)23(24,25)26)21(36)34-7-5-33(3)6-8-34/h9-11,13H,4-8H2,1-3H3,(H,30,35)(H3,28,29,31,32)/t13-/m0/s1. The number of hydrogen-bond donors (Lipinski definition) is 3. The maximum absolute atomic E-state index is 13.6. The maximum Gasteiger partial charge on any atom is 0.416 e. The van der Waals surface area contributed by atoms with Gasteiger partial charge in [-0.15, -0.1) is 0 Å². The van der Waals surface area contributed by atoms with Gasteiger partial charge in [-0.1, -0.05) is 0 Å². The Morgan fingerprint density at radius 3 is 2.49 bits per heavy atom. The average molecular weight is 521 g/mol. The highest BCUT2D eigenvalue weighted by molar-refractivity contribution is 5.99. The summed E-state index contributed by atoms with van der Waals surface area (Å²) in [5.41, 5.74) is 4.11. The Bertz CT molecular complexity index is 1210. The molecule has 14 heteroatoms. The van der Waals surface area contributed by atoms with E-state index in [2.05, 4.69) is 20.6 Å². The fourth-order valence-electron chi connectivity index (χ4n) is 3.60. The number of nitrogens with zero attached hydrogens (tertiary/aromatic N) is 5. The molecular formula is C23H27F3N8O3. The molecule has 3 rings (SSSR count). The number of amides is 2. The van der Waals surface area contributed by atoms with Crippen LogP contribution in [-0.2, 0) is 11.0 Å². The van der Waals surface area contributed by atoms with E-state index in [-0.39, 0.29) is 41.1 Å². The summed E-state index contributed by atoms with van der Waals surface area (Å²) in [6.45, 7) is 5.24. The van der Waals surface area contributed by atoms with Gasteiger partial charge in [0.15, 0.2) is 11.4 Å². The third kappa shape index (κ3) is 6.76. The fourth-order valence-corrected chi connectivity index (χ4v) is 3.60. The van der Waals surface area contributed by atoms with Crippen molar-refractivity contribution in [1.82, 2.24) is 19.8 Å². The lowest BCUT2D eigenvalue weighted by atomic mass is 10.1. The molecule has 37 heavy (non-hydrogen) atoms. The van der Waals surface area contributed by atoms with E-state index in [1.165, 1.54) is 17.9 Å². The second kappa shape index (κ2) is 11.3. The molecule has 1 atom stereocenters. The highest BCUT2D eigenvalue weighted by atomic mass is 19.4. The highest BCUT2D eigenvalue weighted by Crippen LogP contribution is 2.32. The van der Waals surface area contributed by atoms with Gasteiger partial charge in [0, 0.05) is 37.4 Å². The van der Waals surface area contributed by atoms with Gasteiger partial charge in [-0.25, -0.2) is 0 Å². The van der Waals surface area contributed by atoms with Crippen molar-refractivity contribution in [3.05, 3.63) is 34.9 Å². The summed E-state index contributed by atoms with van der Waals surface area (Å²) in [5.74, 6) is -1.65. The molecule has 2 heterocycles. The number of benzene rings is 1. The van der Waals surface area contributed by atoms with Gasteiger partial charge in [-0.05, 0) is 39.1 Å². The number of ether oxygens (including phenoxy) is 1. The van der Waals surface area contributed by atoms with E-state index >= 15 is 0 Å². The predicted octanol–water partition coefficient (Wildman–Crippen LogP) is 2.17.